The van der Waals surface area contributed by atoms with Crippen LogP contribution in [0.5, 0.6) is 0 Å². The van der Waals surface area contributed by atoms with Crippen LogP contribution in [0.25, 0.3) is 0 Å². The maximum Gasteiger partial charge on any atom is 0.234 e. The lowest BCUT2D eigenvalue weighted by atomic mass is 10.1. The van der Waals surface area contributed by atoms with Crippen LogP contribution in [-0.4, -0.2) is 64.8 Å². The number of carbonyl (C=O) groups excluding carboxylic acids is 1. The van der Waals surface area contributed by atoms with Gasteiger partial charge in [-0.15, -0.1) is 0 Å². The monoisotopic (exact) mass is 383 g/mol. The predicted octanol–water partition coefficient (Wildman–Crippen LogP) is 2.13. The van der Waals surface area contributed by atoms with Gasteiger partial charge >= 0.3 is 0 Å². The van der Waals surface area contributed by atoms with Crippen molar-refractivity contribution in [3.8, 4) is 0 Å². The Morgan fingerprint density at radius 2 is 1.79 bits per heavy atom. The van der Waals surface area contributed by atoms with Crippen molar-refractivity contribution in [2.75, 3.05) is 39.3 Å². The average Bonchev–Trinajstić information content (AvgIpc) is 2.99. The molecule has 1 aliphatic heterocycles. The number of piperazine rings is 1. The fourth-order valence-electron chi connectivity index (χ4n) is 3.75. The molecule has 28 heavy (non-hydrogen) atoms. The van der Waals surface area contributed by atoms with Crippen molar-refractivity contribution in [1.82, 2.24) is 24.9 Å². The standard InChI is InChI=1S/C22H33N5O/c1-18-7-4-5-8-21(18)16-25-11-13-26(14-12-25)17-22(28)23-9-6-10-27-20(3)15-19(2)24-27/h4-5,7-8,15H,6,9-14,16-17H2,1-3H3,(H,23,28). The van der Waals surface area contributed by atoms with E-state index in [1.54, 1.807) is 0 Å². The molecule has 152 valence electrons. The van der Waals surface area contributed by atoms with E-state index in [0.717, 1.165) is 51.4 Å². The Hall–Kier alpha value is -2.18. The van der Waals surface area contributed by atoms with Crippen LogP contribution in [0.4, 0.5) is 0 Å². The zero-order chi connectivity index (χ0) is 19.9. The molecule has 2 heterocycles. The molecule has 3 rings (SSSR count). The van der Waals surface area contributed by atoms with E-state index in [1.807, 2.05) is 11.6 Å². The molecule has 0 spiro atoms. The highest BCUT2D eigenvalue weighted by molar-refractivity contribution is 5.77. The smallest absolute Gasteiger partial charge is 0.234 e. The van der Waals surface area contributed by atoms with Gasteiger partial charge in [0.05, 0.1) is 12.2 Å². The Morgan fingerprint density at radius 1 is 1.07 bits per heavy atom. The van der Waals surface area contributed by atoms with Crippen LogP contribution in [0.3, 0.4) is 0 Å². The number of hydrogen-bond acceptors (Lipinski definition) is 4. The summed E-state index contributed by atoms with van der Waals surface area (Å²) in [5.41, 5.74) is 4.97. The third kappa shape index (κ3) is 5.91. The largest absolute Gasteiger partial charge is 0.355 e. The Kier molecular flexibility index (Phi) is 7.23. The lowest BCUT2D eigenvalue weighted by Gasteiger charge is -2.34. The molecular weight excluding hydrogens is 350 g/mol. The SMILES string of the molecule is Cc1cc(C)n(CCCNC(=O)CN2CCN(Cc3ccccc3C)CC2)n1. The Labute approximate surface area is 168 Å². The van der Waals surface area contributed by atoms with Crippen molar-refractivity contribution in [2.24, 2.45) is 0 Å². The van der Waals surface area contributed by atoms with Crippen molar-refractivity contribution in [3.05, 3.63) is 52.8 Å². The molecule has 1 N–H and O–H groups in total. The highest BCUT2D eigenvalue weighted by Gasteiger charge is 2.19. The molecule has 2 aromatic rings. The van der Waals surface area contributed by atoms with Crippen LogP contribution in [0, 0.1) is 20.8 Å². The summed E-state index contributed by atoms with van der Waals surface area (Å²) in [6.07, 6.45) is 0.901. The van der Waals surface area contributed by atoms with Gasteiger partial charge in [0.25, 0.3) is 0 Å². The van der Waals surface area contributed by atoms with E-state index in [0.29, 0.717) is 13.1 Å². The third-order valence-corrected chi connectivity index (χ3v) is 5.46. The number of carbonyl (C=O) groups is 1. The normalized spacial score (nSPS) is 15.7. The molecule has 0 bridgehead atoms. The number of nitrogens with zero attached hydrogens (tertiary/aromatic N) is 4. The molecule has 1 saturated heterocycles. The quantitative estimate of drug-likeness (QED) is 0.710. The number of amides is 1. The fraction of sp³-hybridized carbons (Fsp3) is 0.545. The molecule has 0 aliphatic carbocycles. The lowest BCUT2D eigenvalue weighted by molar-refractivity contribution is -0.122. The summed E-state index contributed by atoms with van der Waals surface area (Å²) in [6, 6.07) is 10.7. The van der Waals surface area contributed by atoms with Crippen LogP contribution in [0.2, 0.25) is 0 Å². The molecule has 1 amide bonds. The summed E-state index contributed by atoms with van der Waals surface area (Å²) in [6.45, 7) is 13.2. The minimum Gasteiger partial charge on any atom is -0.355 e. The number of hydrogen-bond donors (Lipinski definition) is 1. The highest BCUT2D eigenvalue weighted by atomic mass is 16.2. The summed E-state index contributed by atoms with van der Waals surface area (Å²) in [5, 5.41) is 7.50. The number of nitrogens with one attached hydrogen (secondary N) is 1. The van der Waals surface area contributed by atoms with Gasteiger partial charge in [-0.05, 0) is 44.4 Å². The van der Waals surface area contributed by atoms with Gasteiger partial charge in [-0.3, -0.25) is 19.3 Å². The second kappa shape index (κ2) is 9.85. The molecule has 0 unspecified atom stereocenters. The van der Waals surface area contributed by atoms with Crippen molar-refractivity contribution < 1.29 is 4.79 Å². The average molecular weight is 384 g/mol. The maximum atomic E-state index is 12.2. The number of aromatic nitrogens is 2. The molecule has 1 aromatic carbocycles. The molecule has 0 saturated carbocycles. The van der Waals surface area contributed by atoms with E-state index in [9.17, 15) is 4.79 Å². The van der Waals surface area contributed by atoms with E-state index >= 15 is 0 Å². The van der Waals surface area contributed by atoms with Crippen molar-refractivity contribution >= 4 is 5.91 Å². The molecule has 1 aromatic heterocycles. The van der Waals surface area contributed by atoms with Gasteiger partial charge in [0.15, 0.2) is 0 Å². The minimum atomic E-state index is 0.126. The van der Waals surface area contributed by atoms with Crippen molar-refractivity contribution in [3.63, 3.8) is 0 Å². The van der Waals surface area contributed by atoms with E-state index in [1.165, 1.54) is 16.8 Å². The van der Waals surface area contributed by atoms with E-state index < -0.39 is 0 Å². The van der Waals surface area contributed by atoms with Gasteiger partial charge in [0.2, 0.25) is 5.91 Å². The molecule has 6 nitrogen and oxygen atoms in total. The number of benzene rings is 1. The summed E-state index contributed by atoms with van der Waals surface area (Å²) in [7, 11) is 0. The van der Waals surface area contributed by atoms with Gasteiger partial charge in [0, 0.05) is 51.5 Å². The minimum absolute atomic E-state index is 0.126. The maximum absolute atomic E-state index is 12.2. The lowest BCUT2D eigenvalue weighted by Crippen LogP contribution is -2.49. The molecule has 6 heteroatoms. The van der Waals surface area contributed by atoms with Crippen LogP contribution < -0.4 is 5.32 Å². The van der Waals surface area contributed by atoms with Crippen LogP contribution >= 0.6 is 0 Å². The first-order valence-electron chi connectivity index (χ1n) is 10.3. The van der Waals surface area contributed by atoms with Gasteiger partial charge < -0.3 is 5.32 Å². The first-order chi connectivity index (χ1) is 13.5. The molecule has 1 fully saturated rings. The third-order valence-electron chi connectivity index (χ3n) is 5.46. The topological polar surface area (TPSA) is 53.4 Å². The van der Waals surface area contributed by atoms with Crippen LogP contribution in [0.1, 0.15) is 28.9 Å². The molecule has 0 radical (unpaired) electrons. The summed E-state index contributed by atoms with van der Waals surface area (Å²) in [5.74, 6) is 0.126. The van der Waals surface area contributed by atoms with Gasteiger partial charge in [-0.25, -0.2) is 0 Å². The van der Waals surface area contributed by atoms with E-state index in [-0.39, 0.29) is 5.91 Å². The zero-order valence-corrected chi connectivity index (χ0v) is 17.4. The van der Waals surface area contributed by atoms with E-state index in [4.69, 9.17) is 0 Å². The van der Waals surface area contributed by atoms with E-state index in [2.05, 4.69) is 64.4 Å². The Morgan fingerprint density at radius 3 is 2.46 bits per heavy atom. The summed E-state index contributed by atoms with van der Waals surface area (Å²) in [4.78, 5) is 17.0. The predicted molar refractivity (Wildman–Crippen MR) is 112 cm³/mol. The molecule has 1 aliphatic rings. The Balaban J connectivity index is 1.31. The molecule has 0 atom stereocenters. The second-order valence-corrected chi connectivity index (χ2v) is 7.83. The van der Waals surface area contributed by atoms with Crippen LogP contribution in [-0.2, 0) is 17.9 Å². The second-order valence-electron chi connectivity index (χ2n) is 7.83. The van der Waals surface area contributed by atoms with Crippen molar-refractivity contribution in [1.29, 1.82) is 0 Å². The first kappa shape index (κ1) is 20.6. The number of rotatable bonds is 8. The summed E-state index contributed by atoms with van der Waals surface area (Å²) >= 11 is 0. The van der Waals surface area contributed by atoms with Crippen LogP contribution in [0.15, 0.2) is 30.3 Å². The zero-order valence-electron chi connectivity index (χ0n) is 17.4. The summed E-state index contributed by atoms with van der Waals surface area (Å²) < 4.78 is 2.01. The van der Waals surface area contributed by atoms with Crippen molar-refractivity contribution in [2.45, 2.75) is 40.3 Å². The van der Waals surface area contributed by atoms with Gasteiger partial charge in [0.1, 0.15) is 0 Å². The van der Waals surface area contributed by atoms with Gasteiger partial charge in [-0.2, -0.15) is 5.10 Å². The Bertz CT molecular complexity index is 777. The van der Waals surface area contributed by atoms with Gasteiger partial charge in [-0.1, -0.05) is 24.3 Å². The fourth-order valence-corrected chi connectivity index (χ4v) is 3.75. The number of aryl methyl sites for hydroxylation is 4. The molecular formula is C22H33N5O. The first-order valence-corrected chi connectivity index (χ1v) is 10.3. The highest BCUT2D eigenvalue weighted by Crippen LogP contribution is 2.12.